The van der Waals surface area contributed by atoms with E-state index in [1.807, 2.05) is 0 Å². The van der Waals surface area contributed by atoms with E-state index in [1.165, 1.54) is 19.3 Å². The molecule has 1 unspecified atom stereocenters. The average Bonchev–Trinajstić information content (AvgIpc) is 2.86. The summed E-state index contributed by atoms with van der Waals surface area (Å²) in [7, 11) is 0. The Bertz CT molecular complexity index is 487. The molecule has 1 fully saturated rings. The van der Waals surface area contributed by atoms with E-state index >= 15 is 0 Å². The van der Waals surface area contributed by atoms with Gasteiger partial charge in [0.1, 0.15) is 11.8 Å². The van der Waals surface area contributed by atoms with Crippen molar-refractivity contribution in [1.82, 2.24) is 25.3 Å². The molecule has 6 nitrogen and oxygen atoms in total. The first-order valence-corrected chi connectivity index (χ1v) is 6.05. The maximum atomic E-state index is 4.24. The number of hydrogen-bond donors (Lipinski definition) is 3. The Morgan fingerprint density at radius 3 is 3.18 bits per heavy atom. The zero-order valence-electron chi connectivity index (χ0n) is 9.61. The van der Waals surface area contributed by atoms with Gasteiger partial charge in [-0.05, 0) is 19.4 Å². The van der Waals surface area contributed by atoms with E-state index in [0.29, 0.717) is 11.7 Å². The van der Waals surface area contributed by atoms with Gasteiger partial charge in [-0.2, -0.15) is 0 Å². The predicted molar refractivity (Wildman–Crippen MR) is 65.8 cm³/mol. The van der Waals surface area contributed by atoms with Crippen molar-refractivity contribution in [3.63, 3.8) is 0 Å². The summed E-state index contributed by atoms with van der Waals surface area (Å²) in [6, 6.07) is 0.539. The fourth-order valence-electron chi connectivity index (χ4n) is 2.22. The van der Waals surface area contributed by atoms with Crippen LogP contribution in [0.3, 0.4) is 0 Å². The van der Waals surface area contributed by atoms with Gasteiger partial charge in [0, 0.05) is 12.6 Å². The number of nitrogens with zero attached hydrogens (tertiary/aromatic N) is 3. The third-order valence-electron chi connectivity index (χ3n) is 3.15. The van der Waals surface area contributed by atoms with Crippen LogP contribution in [0.25, 0.3) is 11.2 Å². The number of piperidine rings is 1. The molecule has 6 heteroatoms. The lowest BCUT2D eigenvalue weighted by Crippen LogP contribution is -2.39. The van der Waals surface area contributed by atoms with Gasteiger partial charge in [0.15, 0.2) is 11.5 Å². The van der Waals surface area contributed by atoms with E-state index in [2.05, 4.69) is 30.6 Å². The summed E-state index contributed by atoms with van der Waals surface area (Å²) in [5.74, 6) is 0.833. The van der Waals surface area contributed by atoms with E-state index in [4.69, 9.17) is 0 Å². The van der Waals surface area contributed by atoms with Gasteiger partial charge in [-0.1, -0.05) is 6.42 Å². The Balaban J connectivity index is 1.69. The Labute approximate surface area is 99.3 Å². The zero-order chi connectivity index (χ0) is 11.5. The molecule has 3 N–H and O–H groups in total. The molecule has 0 bridgehead atoms. The van der Waals surface area contributed by atoms with Crippen LogP contribution >= 0.6 is 0 Å². The van der Waals surface area contributed by atoms with Crippen LogP contribution in [-0.4, -0.2) is 39.1 Å². The fourth-order valence-corrected chi connectivity index (χ4v) is 2.22. The summed E-state index contributed by atoms with van der Waals surface area (Å²) in [5.41, 5.74) is 1.59. The van der Waals surface area contributed by atoms with Gasteiger partial charge in [-0.25, -0.2) is 15.0 Å². The molecule has 0 radical (unpaired) electrons. The van der Waals surface area contributed by atoms with Gasteiger partial charge in [0.25, 0.3) is 0 Å². The molecule has 2 aromatic rings. The number of fused-ring (bicyclic) bond motifs is 1. The Kier molecular flexibility index (Phi) is 2.87. The highest BCUT2D eigenvalue weighted by Gasteiger charge is 2.13. The highest BCUT2D eigenvalue weighted by atomic mass is 15.1. The summed E-state index contributed by atoms with van der Waals surface area (Å²) in [5, 5.41) is 6.86. The quantitative estimate of drug-likeness (QED) is 0.733. The van der Waals surface area contributed by atoms with E-state index in [1.54, 1.807) is 12.7 Å². The third-order valence-corrected chi connectivity index (χ3v) is 3.15. The van der Waals surface area contributed by atoms with Gasteiger partial charge < -0.3 is 15.6 Å². The maximum Gasteiger partial charge on any atom is 0.182 e. The molecule has 0 aromatic carbocycles. The lowest BCUT2D eigenvalue weighted by Gasteiger charge is -2.23. The zero-order valence-corrected chi connectivity index (χ0v) is 9.61. The monoisotopic (exact) mass is 232 g/mol. The van der Waals surface area contributed by atoms with Crippen LogP contribution in [0.2, 0.25) is 0 Å². The Morgan fingerprint density at radius 2 is 2.29 bits per heavy atom. The molecule has 1 aliphatic heterocycles. The fraction of sp³-hybridized carbons (Fsp3) is 0.545. The van der Waals surface area contributed by atoms with Crippen LogP contribution in [-0.2, 0) is 0 Å². The van der Waals surface area contributed by atoms with Crippen molar-refractivity contribution < 1.29 is 0 Å². The van der Waals surface area contributed by atoms with Crippen molar-refractivity contribution in [2.24, 2.45) is 0 Å². The number of nitrogens with one attached hydrogen (secondary N) is 3. The summed E-state index contributed by atoms with van der Waals surface area (Å²) in [6.45, 7) is 2.01. The first-order valence-electron chi connectivity index (χ1n) is 6.05. The van der Waals surface area contributed by atoms with Gasteiger partial charge in [0.2, 0.25) is 0 Å². The molecule has 0 amide bonds. The summed E-state index contributed by atoms with van der Waals surface area (Å²) in [6.07, 6.45) is 7.00. The minimum absolute atomic E-state index is 0.539. The molecule has 1 saturated heterocycles. The molecular formula is C11H16N6. The first-order chi connectivity index (χ1) is 8.43. The summed E-state index contributed by atoms with van der Waals surface area (Å²) >= 11 is 0. The van der Waals surface area contributed by atoms with Crippen LogP contribution < -0.4 is 10.6 Å². The summed E-state index contributed by atoms with van der Waals surface area (Å²) < 4.78 is 0. The normalized spacial score (nSPS) is 20.6. The number of aromatic amines is 1. The van der Waals surface area contributed by atoms with Crippen LogP contribution in [0.15, 0.2) is 12.7 Å². The first kappa shape index (κ1) is 10.5. The van der Waals surface area contributed by atoms with E-state index in [-0.39, 0.29) is 0 Å². The Morgan fingerprint density at radius 1 is 1.29 bits per heavy atom. The van der Waals surface area contributed by atoms with E-state index < -0.39 is 0 Å². The average molecular weight is 232 g/mol. The molecule has 2 aromatic heterocycles. The predicted octanol–water partition coefficient (Wildman–Crippen LogP) is 0.907. The van der Waals surface area contributed by atoms with Crippen molar-refractivity contribution >= 4 is 17.0 Å². The number of H-pyrrole nitrogens is 1. The highest BCUT2D eigenvalue weighted by molar-refractivity contribution is 5.81. The molecule has 0 saturated carbocycles. The molecule has 1 aliphatic rings. The number of anilines is 1. The van der Waals surface area contributed by atoms with Crippen molar-refractivity contribution in [1.29, 1.82) is 0 Å². The third kappa shape index (κ3) is 2.21. The number of rotatable bonds is 3. The van der Waals surface area contributed by atoms with Crippen LogP contribution in [0, 0.1) is 0 Å². The maximum absolute atomic E-state index is 4.24. The second-order valence-electron chi connectivity index (χ2n) is 4.35. The van der Waals surface area contributed by atoms with Crippen molar-refractivity contribution in [2.75, 3.05) is 18.4 Å². The summed E-state index contributed by atoms with van der Waals surface area (Å²) in [4.78, 5) is 15.5. The molecular weight excluding hydrogens is 216 g/mol. The minimum atomic E-state index is 0.539. The molecule has 0 aliphatic carbocycles. The van der Waals surface area contributed by atoms with E-state index in [0.717, 1.165) is 24.4 Å². The van der Waals surface area contributed by atoms with Gasteiger partial charge in [0.05, 0.1) is 6.33 Å². The smallest absolute Gasteiger partial charge is 0.182 e. The molecule has 3 rings (SSSR count). The lowest BCUT2D eigenvalue weighted by molar-refractivity contribution is 0.414. The number of aromatic nitrogens is 4. The van der Waals surface area contributed by atoms with Crippen LogP contribution in [0.1, 0.15) is 19.3 Å². The number of imidazole rings is 1. The molecule has 90 valence electrons. The van der Waals surface area contributed by atoms with Crippen molar-refractivity contribution in [3.05, 3.63) is 12.7 Å². The minimum Gasteiger partial charge on any atom is -0.367 e. The van der Waals surface area contributed by atoms with Crippen LogP contribution in [0.4, 0.5) is 5.82 Å². The van der Waals surface area contributed by atoms with Gasteiger partial charge in [-0.15, -0.1) is 0 Å². The number of hydrogen-bond acceptors (Lipinski definition) is 5. The van der Waals surface area contributed by atoms with Crippen LogP contribution in [0.5, 0.6) is 0 Å². The highest BCUT2D eigenvalue weighted by Crippen LogP contribution is 2.15. The molecule has 3 heterocycles. The lowest BCUT2D eigenvalue weighted by atomic mass is 10.1. The molecule has 0 spiro atoms. The molecule has 17 heavy (non-hydrogen) atoms. The second kappa shape index (κ2) is 4.67. The molecule has 1 atom stereocenters. The SMILES string of the molecule is c1nc(NCC2CCCCN2)c2[nH]cnc2n1. The van der Waals surface area contributed by atoms with E-state index in [9.17, 15) is 0 Å². The Hall–Kier alpha value is -1.69. The van der Waals surface area contributed by atoms with Gasteiger partial charge >= 0.3 is 0 Å². The standard InChI is InChI=1S/C11H16N6/c1-2-4-12-8(3-1)5-13-10-9-11(15-6-14-9)17-7-16-10/h6-8,12H,1-5H2,(H2,13,14,15,16,17). The second-order valence-corrected chi connectivity index (χ2v) is 4.35. The van der Waals surface area contributed by atoms with Crippen molar-refractivity contribution in [2.45, 2.75) is 25.3 Å². The van der Waals surface area contributed by atoms with Gasteiger partial charge in [-0.3, -0.25) is 0 Å². The largest absolute Gasteiger partial charge is 0.367 e. The van der Waals surface area contributed by atoms with Crippen molar-refractivity contribution in [3.8, 4) is 0 Å². The topological polar surface area (TPSA) is 78.5 Å².